The van der Waals surface area contributed by atoms with Gasteiger partial charge in [-0.2, -0.15) is 0 Å². The molecule has 1 aliphatic heterocycles. The monoisotopic (exact) mass is 424 g/mol. The standard InChI is InChI=1S/C21H30ClFN4O2/c1-27(2)19(28)13-25-20(24-12-16-5-3-4-10-29-16)26-14-21(8-9-21)17-7-6-15(23)11-18(17)22/h6-7,11,16H,3-5,8-10,12-14H2,1-2H3,(H2,24,25,26). The summed E-state index contributed by atoms with van der Waals surface area (Å²) in [6, 6.07) is 4.58. The van der Waals surface area contributed by atoms with Gasteiger partial charge in [0, 0.05) is 44.2 Å². The van der Waals surface area contributed by atoms with Gasteiger partial charge in [-0.3, -0.25) is 4.79 Å². The minimum absolute atomic E-state index is 0.0669. The summed E-state index contributed by atoms with van der Waals surface area (Å²) in [5, 5.41) is 7.12. The molecular weight excluding hydrogens is 395 g/mol. The van der Waals surface area contributed by atoms with Gasteiger partial charge >= 0.3 is 0 Å². The van der Waals surface area contributed by atoms with Gasteiger partial charge in [-0.15, -0.1) is 0 Å². The first kappa shape index (κ1) is 21.8. The lowest BCUT2D eigenvalue weighted by molar-refractivity contribution is -0.127. The van der Waals surface area contributed by atoms with Crippen LogP contribution in [0.25, 0.3) is 0 Å². The number of hydrogen-bond acceptors (Lipinski definition) is 3. The van der Waals surface area contributed by atoms with Crippen LogP contribution >= 0.6 is 11.6 Å². The van der Waals surface area contributed by atoms with E-state index >= 15 is 0 Å². The topological polar surface area (TPSA) is 66.0 Å². The Morgan fingerprint density at radius 2 is 2.14 bits per heavy atom. The fourth-order valence-electron chi connectivity index (χ4n) is 3.51. The summed E-state index contributed by atoms with van der Waals surface area (Å²) in [5.41, 5.74) is 0.826. The molecule has 3 rings (SSSR count). The van der Waals surface area contributed by atoms with Gasteiger partial charge in [0.15, 0.2) is 5.96 Å². The summed E-state index contributed by atoms with van der Waals surface area (Å²) in [5.74, 6) is 0.183. The van der Waals surface area contributed by atoms with Gasteiger partial charge in [0.25, 0.3) is 0 Å². The van der Waals surface area contributed by atoms with Crippen LogP contribution in [-0.4, -0.2) is 63.2 Å². The third kappa shape index (κ3) is 6.06. The molecule has 6 nitrogen and oxygen atoms in total. The maximum Gasteiger partial charge on any atom is 0.243 e. The van der Waals surface area contributed by atoms with E-state index < -0.39 is 0 Å². The average Bonchev–Trinajstić information content (AvgIpc) is 3.48. The molecule has 0 radical (unpaired) electrons. The first-order chi connectivity index (χ1) is 13.9. The van der Waals surface area contributed by atoms with Crippen LogP contribution in [0.3, 0.4) is 0 Å². The number of carbonyl (C=O) groups excluding carboxylic acids is 1. The van der Waals surface area contributed by atoms with E-state index in [4.69, 9.17) is 16.3 Å². The number of benzene rings is 1. The normalized spacial score (nSPS) is 20.8. The maximum absolute atomic E-state index is 13.4. The summed E-state index contributed by atoms with van der Waals surface area (Å²) in [7, 11) is 3.42. The molecule has 160 valence electrons. The number of amides is 1. The molecule has 1 saturated heterocycles. The highest BCUT2D eigenvalue weighted by Gasteiger charge is 2.45. The van der Waals surface area contributed by atoms with Crippen molar-refractivity contribution in [3.05, 3.63) is 34.6 Å². The van der Waals surface area contributed by atoms with Crippen molar-refractivity contribution >= 4 is 23.5 Å². The molecule has 1 aliphatic carbocycles. The molecule has 1 aromatic rings. The summed E-state index contributed by atoms with van der Waals surface area (Å²) in [6.07, 6.45) is 5.39. The second kappa shape index (κ2) is 9.76. The van der Waals surface area contributed by atoms with Crippen LogP contribution < -0.4 is 10.6 Å². The van der Waals surface area contributed by atoms with Gasteiger partial charge in [0.1, 0.15) is 12.4 Å². The van der Waals surface area contributed by atoms with E-state index in [1.54, 1.807) is 20.2 Å². The van der Waals surface area contributed by atoms with Crippen molar-refractivity contribution in [2.75, 3.05) is 40.3 Å². The van der Waals surface area contributed by atoms with Gasteiger partial charge in [-0.25, -0.2) is 9.38 Å². The molecule has 1 amide bonds. The van der Waals surface area contributed by atoms with E-state index in [-0.39, 0.29) is 29.8 Å². The number of nitrogens with one attached hydrogen (secondary N) is 2. The molecule has 1 unspecified atom stereocenters. The quantitative estimate of drug-likeness (QED) is 0.521. The molecule has 1 aromatic carbocycles. The molecule has 2 aliphatic rings. The average molecular weight is 425 g/mol. The second-order valence-electron chi connectivity index (χ2n) is 8.08. The summed E-state index contributed by atoms with van der Waals surface area (Å²) >= 11 is 6.29. The molecule has 1 heterocycles. The van der Waals surface area contributed by atoms with E-state index in [1.807, 2.05) is 0 Å². The molecule has 2 fully saturated rings. The Morgan fingerprint density at radius 1 is 1.34 bits per heavy atom. The molecule has 0 aromatic heterocycles. The van der Waals surface area contributed by atoms with Crippen molar-refractivity contribution < 1.29 is 13.9 Å². The van der Waals surface area contributed by atoms with Crippen LogP contribution in [0.1, 0.15) is 37.7 Å². The lowest BCUT2D eigenvalue weighted by Crippen LogP contribution is -2.45. The second-order valence-corrected chi connectivity index (χ2v) is 8.49. The Bertz CT molecular complexity index is 746. The fourth-order valence-corrected chi connectivity index (χ4v) is 3.87. The van der Waals surface area contributed by atoms with Gasteiger partial charge in [-0.1, -0.05) is 17.7 Å². The highest BCUT2D eigenvalue weighted by atomic mass is 35.5. The largest absolute Gasteiger partial charge is 0.376 e. The van der Waals surface area contributed by atoms with E-state index in [0.717, 1.165) is 44.3 Å². The van der Waals surface area contributed by atoms with Crippen LogP contribution in [0.2, 0.25) is 5.02 Å². The van der Waals surface area contributed by atoms with Crippen LogP contribution in [0, 0.1) is 5.82 Å². The predicted molar refractivity (Wildman–Crippen MR) is 113 cm³/mol. The van der Waals surface area contributed by atoms with Gasteiger partial charge in [0.2, 0.25) is 5.91 Å². The molecule has 8 heteroatoms. The highest BCUT2D eigenvalue weighted by molar-refractivity contribution is 6.31. The third-order valence-electron chi connectivity index (χ3n) is 5.59. The van der Waals surface area contributed by atoms with Gasteiger partial charge in [-0.05, 0) is 49.8 Å². The van der Waals surface area contributed by atoms with Crippen molar-refractivity contribution in [1.82, 2.24) is 15.5 Å². The van der Waals surface area contributed by atoms with E-state index in [1.165, 1.54) is 17.0 Å². The van der Waals surface area contributed by atoms with Gasteiger partial charge in [0.05, 0.1) is 6.10 Å². The lowest BCUT2D eigenvalue weighted by atomic mass is 9.96. The van der Waals surface area contributed by atoms with Crippen molar-refractivity contribution in [3.8, 4) is 0 Å². The zero-order valence-corrected chi connectivity index (χ0v) is 17.9. The first-order valence-corrected chi connectivity index (χ1v) is 10.6. The van der Waals surface area contributed by atoms with Crippen LogP contribution in [0.15, 0.2) is 23.2 Å². The SMILES string of the molecule is CN(C)C(=O)CN=C(NCC1CCCCO1)NCC1(c2ccc(F)cc2Cl)CC1. The number of halogens is 2. The number of likely N-dealkylation sites (N-methyl/N-ethyl adjacent to an activating group) is 1. The van der Waals surface area contributed by atoms with Crippen LogP contribution in [0.5, 0.6) is 0 Å². The van der Waals surface area contributed by atoms with Crippen molar-refractivity contribution in [3.63, 3.8) is 0 Å². The molecule has 1 atom stereocenters. The minimum Gasteiger partial charge on any atom is -0.376 e. The molecule has 29 heavy (non-hydrogen) atoms. The third-order valence-corrected chi connectivity index (χ3v) is 5.91. The van der Waals surface area contributed by atoms with E-state index in [0.29, 0.717) is 24.1 Å². The Morgan fingerprint density at radius 3 is 2.76 bits per heavy atom. The number of nitrogens with zero attached hydrogens (tertiary/aromatic N) is 2. The first-order valence-electron chi connectivity index (χ1n) is 10.2. The smallest absolute Gasteiger partial charge is 0.243 e. The zero-order chi connectivity index (χ0) is 20.9. The fraction of sp³-hybridized carbons (Fsp3) is 0.619. The van der Waals surface area contributed by atoms with Gasteiger partial charge < -0.3 is 20.3 Å². The zero-order valence-electron chi connectivity index (χ0n) is 17.1. The van der Waals surface area contributed by atoms with E-state index in [2.05, 4.69) is 15.6 Å². The van der Waals surface area contributed by atoms with E-state index in [9.17, 15) is 9.18 Å². The summed E-state index contributed by atoms with van der Waals surface area (Å²) in [4.78, 5) is 17.9. The molecule has 0 bridgehead atoms. The predicted octanol–water partition coefficient (Wildman–Crippen LogP) is 2.70. The van der Waals surface area contributed by atoms with Crippen LogP contribution in [0.4, 0.5) is 4.39 Å². The highest BCUT2D eigenvalue weighted by Crippen LogP contribution is 2.50. The molecule has 2 N–H and O–H groups in total. The minimum atomic E-state index is -0.332. The molecule has 0 spiro atoms. The van der Waals surface area contributed by atoms with Crippen molar-refractivity contribution in [1.29, 1.82) is 0 Å². The maximum atomic E-state index is 13.4. The molecule has 1 saturated carbocycles. The number of rotatable bonds is 7. The summed E-state index contributed by atoms with van der Waals surface area (Å²) in [6.45, 7) is 2.12. The molecular formula is C21H30ClFN4O2. The number of aliphatic imine (C=N–C) groups is 1. The lowest BCUT2D eigenvalue weighted by Gasteiger charge is -2.25. The Hall–Kier alpha value is -1.86. The number of ether oxygens (including phenoxy) is 1. The number of carbonyl (C=O) groups is 1. The number of guanidine groups is 1. The van der Waals surface area contributed by atoms with Crippen LogP contribution in [-0.2, 0) is 14.9 Å². The number of hydrogen-bond donors (Lipinski definition) is 2. The summed E-state index contributed by atoms with van der Waals surface area (Å²) < 4.78 is 19.2. The Kier molecular flexibility index (Phi) is 7.35. The van der Waals surface area contributed by atoms with Crippen molar-refractivity contribution in [2.24, 2.45) is 4.99 Å². The Balaban J connectivity index is 1.63. The Labute approximate surface area is 176 Å². The van der Waals surface area contributed by atoms with Crippen molar-refractivity contribution in [2.45, 2.75) is 43.6 Å².